The van der Waals surface area contributed by atoms with Crippen molar-refractivity contribution in [2.45, 2.75) is 91.5 Å². The van der Waals surface area contributed by atoms with Crippen LogP contribution in [0.4, 0.5) is 0 Å². The number of carboxylic acid groups (broad SMARTS) is 1. The molecule has 0 amide bonds. The number of hydrogen-bond donors (Lipinski definition) is 2. The largest absolute Gasteiger partial charge is 0.481 e. The summed E-state index contributed by atoms with van der Waals surface area (Å²) in [6.07, 6.45) is 9.16. The molecule has 1 atom stereocenters. The molecule has 0 aromatic carbocycles. The third-order valence-corrected chi connectivity index (χ3v) is 3.47. The summed E-state index contributed by atoms with van der Waals surface area (Å²) >= 11 is 0. The Labute approximate surface area is 120 Å². The lowest BCUT2D eigenvalue weighted by Crippen LogP contribution is -2.39. The predicted molar refractivity (Wildman–Crippen MR) is 83.4 cm³/mol. The van der Waals surface area contributed by atoms with Crippen LogP contribution in [0.2, 0.25) is 0 Å². The standard InChI is InChI=1S/C12H27N.C4H8O2/c1-5-6-7-8-9-10-11(2)12(3,4)13;1-2-3-4(5)6/h11H,5-10,13H2,1-4H3;2-3H2,1H3,(H,5,6). The Morgan fingerprint density at radius 1 is 1.11 bits per heavy atom. The van der Waals surface area contributed by atoms with Crippen LogP contribution in [-0.4, -0.2) is 16.6 Å². The molecular formula is C16H35NO2. The van der Waals surface area contributed by atoms with Crippen LogP contribution in [-0.2, 0) is 4.79 Å². The molecule has 0 aromatic heterocycles. The summed E-state index contributed by atoms with van der Waals surface area (Å²) in [7, 11) is 0. The van der Waals surface area contributed by atoms with Gasteiger partial charge in [-0.05, 0) is 32.6 Å². The van der Waals surface area contributed by atoms with E-state index in [9.17, 15) is 4.79 Å². The van der Waals surface area contributed by atoms with Crippen LogP contribution in [0.25, 0.3) is 0 Å². The van der Waals surface area contributed by atoms with Crippen molar-refractivity contribution in [2.75, 3.05) is 0 Å². The first-order valence-corrected chi connectivity index (χ1v) is 7.76. The van der Waals surface area contributed by atoms with E-state index < -0.39 is 5.97 Å². The van der Waals surface area contributed by atoms with Gasteiger partial charge in [0.2, 0.25) is 0 Å². The zero-order valence-corrected chi connectivity index (χ0v) is 13.7. The third-order valence-electron chi connectivity index (χ3n) is 3.47. The molecule has 3 nitrogen and oxygen atoms in total. The Balaban J connectivity index is 0. The van der Waals surface area contributed by atoms with Crippen LogP contribution >= 0.6 is 0 Å². The van der Waals surface area contributed by atoms with E-state index in [-0.39, 0.29) is 5.54 Å². The van der Waals surface area contributed by atoms with Crippen molar-refractivity contribution in [3.63, 3.8) is 0 Å². The quantitative estimate of drug-likeness (QED) is 0.604. The van der Waals surface area contributed by atoms with Gasteiger partial charge in [0.1, 0.15) is 0 Å². The Morgan fingerprint density at radius 2 is 1.63 bits per heavy atom. The molecule has 3 heteroatoms. The number of nitrogens with two attached hydrogens (primary N) is 1. The van der Waals surface area contributed by atoms with Crippen LogP contribution < -0.4 is 5.73 Å². The topological polar surface area (TPSA) is 63.3 Å². The SMILES string of the molecule is CCCC(=O)O.CCCCCCCC(C)C(C)(C)N. The van der Waals surface area contributed by atoms with Gasteiger partial charge in [0, 0.05) is 12.0 Å². The maximum Gasteiger partial charge on any atom is 0.303 e. The van der Waals surface area contributed by atoms with Gasteiger partial charge in [-0.25, -0.2) is 0 Å². The average Bonchev–Trinajstić information content (AvgIpc) is 2.28. The number of unbranched alkanes of at least 4 members (excludes halogenated alkanes) is 4. The van der Waals surface area contributed by atoms with E-state index in [0.717, 1.165) is 6.42 Å². The Hall–Kier alpha value is -0.570. The van der Waals surface area contributed by atoms with Crippen molar-refractivity contribution in [3.05, 3.63) is 0 Å². The van der Waals surface area contributed by atoms with Gasteiger partial charge in [0.15, 0.2) is 0 Å². The summed E-state index contributed by atoms with van der Waals surface area (Å²) in [4.78, 5) is 9.60. The molecule has 1 unspecified atom stereocenters. The summed E-state index contributed by atoms with van der Waals surface area (Å²) in [5.41, 5.74) is 6.02. The fourth-order valence-electron chi connectivity index (χ4n) is 1.64. The van der Waals surface area contributed by atoms with Gasteiger partial charge in [0.25, 0.3) is 0 Å². The molecule has 0 bridgehead atoms. The van der Waals surface area contributed by atoms with Gasteiger partial charge >= 0.3 is 5.97 Å². The lowest BCUT2D eigenvalue weighted by Gasteiger charge is -2.27. The van der Waals surface area contributed by atoms with E-state index in [1.54, 1.807) is 0 Å². The summed E-state index contributed by atoms with van der Waals surface area (Å²) in [6, 6.07) is 0. The van der Waals surface area contributed by atoms with Crippen molar-refractivity contribution < 1.29 is 9.90 Å². The minimum absolute atomic E-state index is 0.00472. The van der Waals surface area contributed by atoms with Gasteiger partial charge in [-0.15, -0.1) is 0 Å². The predicted octanol–water partition coefficient (Wildman–Crippen LogP) is 4.59. The van der Waals surface area contributed by atoms with Gasteiger partial charge in [0.05, 0.1) is 0 Å². The van der Waals surface area contributed by atoms with Crippen LogP contribution in [0.3, 0.4) is 0 Å². The highest BCUT2D eigenvalue weighted by Gasteiger charge is 2.19. The maximum atomic E-state index is 9.60. The van der Waals surface area contributed by atoms with Gasteiger partial charge in [-0.2, -0.15) is 0 Å². The molecule has 0 aliphatic carbocycles. The second-order valence-electron chi connectivity index (χ2n) is 6.07. The third kappa shape index (κ3) is 17.4. The zero-order chi connectivity index (χ0) is 15.3. The summed E-state index contributed by atoms with van der Waals surface area (Å²) in [5, 5.41) is 7.91. The number of carboxylic acids is 1. The van der Waals surface area contributed by atoms with Crippen LogP contribution in [0.15, 0.2) is 0 Å². The second-order valence-corrected chi connectivity index (χ2v) is 6.07. The van der Waals surface area contributed by atoms with Gasteiger partial charge < -0.3 is 10.8 Å². The molecule has 0 aliphatic heterocycles. The fraction of sp³-hybridized carbons (Fsp3) is 0.938. The minimum Gasteiger partial charge on any atom is -0.481 e. The molecular weight excluding hydrogens is 238 g/mol. The van der Waals surface area contributed by atoms with Crippen LogP contribution in [0, 0.1) is 5.92 Å². The van der Waals surface area contributed by atoms with Gasteiger partial charge in [-0.3, -0.25) is 4.79 Å². The van der Waals surface area contributed by atoms with Gasteiger partial charge in [-0.1, -0.05) is 52.9 Å². The summed E-state index contributed by atoms with van der Waals surface area (Å²) in [5.74, 6) is -0.0633. The van der Waals surface area contributed by atoms with E-state index in [0.29, 0.717) is 12.3 Å². The Kier molecular flexibility index (Phi) is 13.6. The zero-order valence-electron chi connectivity index (χ0n) is 13.7. The molecule has 0 radical (unpaired) electrons. The highest BCUT2D eigenvalue weighted by molar-refractivity contribution is 5.66. The molecule has 0 heterocycles. The number of aliphatic carboxylic acids is 1. The van der Waals surface area contributed by atoms with Crippen molar-refractivity contribution in [2.24, 2.45) is 11.7 Å². The summed E-state index contributed by atoms with van der Waals surface area (Å²) in [6.45, 7) is 10.6. The normalized spacial score (nSPS) is 12.5. The highest BCUT2D eigenvalue weighted by Crippen LogP contribution is 2.20. The maximum absolute atomic E-state index is 9.60. The molecule has 0 aromatic rings. The first kappa shape index (κ1) is 20.7. The lowest BCUT2D eigenvalue weighted by atomic mass is 9.86. The molecule has 0 spiro atoms. The molecule has 19 heavy (non-hydrogen) atoms. The number of hydrogen-bond acceptors (Lipinski definition) is 2. The van der Waals surface area contributed by atoms with E-state index in [4.69, 9.17) is 10.8 Å². The number of rotatable bonds is 9. The van der Waals surface area contributed by atoms with E-state index >= 15 is 0 Å². The molecule has 3 N–H and O–H groups in total. The molecule has 0 saturated heterocycles. The Morgan fingerprint density at radius 3 is 1.95 bits per heavy atom. The van der Waals surface area contributed by atoms with E-state index in [1.807, 2.05) is 6.92 Å². The molecule has 0 saturated carbocycles. The van der Waals surface area contributed by atoms with Crippen LogP contribution in [0.1, 0.15) is 86.0 Å². The number of carbonyl (C=O) groups is 1. The smallest absolute Gasteiger partial charge is 0.303 e. The van der Waals surface area contributed by atoms with Crippen molar-refractivity contribution in [1.29, 1.82) is 0 Å². The highest BCUT2D eigenvalue weighted by atomic mass is 16.4. The summed E-state index contributed by atoms with van der Waals surface area (Å²) < 4.78 is 0. The lowest BCUT2D eigenvalue weighted by molar-refractivity contribution is -0.137. The van der Waals surface area contributed by atoms with E-state index in [1.165, 1.54) is 38.5 Å². The average molecular weight is 273 g/mol. The molecule has 0 aliphatic rings. The van der Waals surface area contributed by atoms with Crippen molar-refractivity contribution in [1.82, 2.24) is 0 Å². The first-order chi connectivity index (χ1) is 8.75. The van der Waals surface area contributed by atoms with Crippen LogP contribution in [0.5, 0.6) is 0 Å². The minimum atomic E-state index is -0.711. The van der Waals surface area contributed by atoms with Crippen molar-refractivity contribution in [3.8, 4) is 0 Å². The Bertz CT molecular complexity index is 209. The first-order valence-electron chi connectivity index (χ1n) is 7.76. The fourth-order valence-corrected chi connectivity index (χ4v) is 1.64. The molecule has 116 valence electrons. The monoisotopic (exact) mass is 273 g/mol. The van der Waals surface area contributed by atoms with Crippen molar-refractivity contribution >= 4 is 5.97 Å². The van der Waals surface area contributed by atoms with E-state index in [2.05, 4.69) is 27.7 Å². The second kappa shape index (κ2) is 12.5. The molecule has 0 rings (SSSR count). The molecule has 0 fully saturated rings.